The topological polar surface area (TPSA) is 62.1 Å². The maximum absolute atomic E-state index is 13.3. The smallest absolute Gasteiger partial charge is 0.261 e. The molecule has 2 aliphatic heterocycles. The molecule has 3 aromatic rings. The molecule has 2 heterocycles. The number of anilines is 1. The van der Waals surface area contributed by atoms with Crippen LogP contribution in [-0.4, -0.2) is 23.8 Å². The second-order valence-corrected chi connectivity index (χ2v) is 7.56. The van der Waals surface area contributed by atoms with E-state index in [1.165, 1.54) is 4.90 Å². The molecule has 0 aliphatic carbocycles. The third kappa shape index (κ3) is 2.42. The Bertz CT molecular complexity index is 1140. The molecule has 0 saturated heterocycles. The Morgan fingerprint density at radius 1 is 1.07 bits per heavy atom. The highest BCUT2D eigenvalue weighted by atomic mass is 79.9. The lowest BCUT2D eigenvalue weighted by Gasteiger charge is -2.35. The van der Waals surface area contributed by atoms with E-state index in [9.17, 15) is 9.90 Å². The first-order chi connectivity index (χ1) is 13.6. The minimum absolute atomic E-state index is 0.256. The average molecular weight is 435 g/mol. The summed E-state index contributed by atoms with van der Waals surface area (Å²) < 4.78 is 6.39. The Morgan fingerprint density at radius 3 is 2.79 bits per heavy atom. The lowest BCUT2D eigenvalue weighted by Crippen LogP contribution is -2.45. The van der Waals surface area contributed by atoms with E-state index in [1.54, 1.807) is 48.7 Å². The molecule has 1 N–H and O–H groups in total. The van der Waals surface area contributed by atoms with Crippen LogP contribution in [-0.2, 0) is 5.72 Å². The largest absolute Gasteiger partial charge is 0.486 e. The molecule has 2 aliphatic rings. The summed E-state index contributed by atoms with van der Waals surface area (Å²) in [6.45, 7) is 0.419. The van der Waals surface area contributed by atoms with E-state index in [4.69, 9.17) is 4.74 Å². The van der Waals surface area contributed by atoms with Crippen LogP contribution in [0.15, 0.2) is 76.2 Å². The lowest BCUT2D eigenvalue weighted by molar-refractivity contribution is 0.0703. The first-order valence-corrected chi connectivity index (χ1v) is 9.60. The van der Waals surface area contributed by atoms with Gasteiger partial charge in [0.1, 0.15) is 18.0 Å². The predicted octanol–water partition coefficient (Wildman–Crippen LogP) is 4.40. The normalized spacial score (nSPS) is 19.9. The van der Waals surface area contributed by atoms with Crippen LogP contribution in [0.5, 0.6) is 5.75 Å². The van der Waals surface area contributed by atoms with Gasteiger partial charge < -0.3 is 9.84 Å². The van der Waals surface area contributed by atoms with E-state index in [-0.39, 0.29) is 5.91 Å². The Morgan fingerprint density at radius 2 is 1.93 bits per heavy atom. The number of carbonyl (C=O) groups is 1. The van der Waals surface area contributed by atoms with Gasteiger partial charge in [-0.1, -0.05) is 40.2 Å². The van der Waals surface area contributed by atoms with Gasteiger partial charge in [-0.3, -0.25) is 14.7 Å². The van der Waals surface area contributed by atoms with E-state index in [0.717, 1.165) is 4.47 Å². The van der Waals surface area contributed by atoms with Crippen molar-refractivity contribution in [2.75, 3.05) is 11.5 Å². The van der Waals surface area contributed by atoms with E-state index in [1.807, 2.05) is 24.3 Å². The minimum atomic E-state index is -1.66. The number of rotatable bonds is 2. The van der Waals surface area contributed by atoms with Gasteiger partial charge in [0.25, 0.3) is 5.91 Å². The van der Waals surface area contributed by atoms with E-state index in [0.29, 0.717) is 40.4 Å². The number of hydrogen-bond donors (Lipinski definition) is 1. The molecule has 0 saturated carbocycles. The monoisotopic (exact) mass is 434 g/mol. The van der Waals surface area contributed by atoms with Crippen molar-refractivity contribution in [3.8, 4) is 5.75 Å². The maximum Gasteiger partial charge on any atom is 0.261 e. The number of fused-ring (bicyclic) bond motifs is 2. The number of halogens is 1. The fourth-order valence-corrected chi connectivity index (χ4v) is 4.17. The molecule has 0 bridgehead atoms. The van der Waals surface area contributed by atoms with Crippen molar-refractivity contribution >= 4 is 39.4 Å². The molecule has 5 nitrogen and oxygen atoms in total. The van der Waals surface area contributed by atoms with Crippen LogP contribution in [0.4, 0.5) is 11.4 Å². The molecular formula is C22H15BrN2O3. The van der Waals surface area contributed by atoms with Crippen molar-refractivity contribution < 1.29 is 14.6 Å². The molecule has 0 spiro atoms. The van der Waals surface area contributed by atoms with Crippen molar-refractivity contribution in [3.63, 3.8) is 0 Å². The zero-order valence-electron chi connectivity index (χ0n) is 14.7. The summed E-state index contributed by atoms with van der Waals surface area (Å²) in [7, 11) is 0. The van der Waals surface area contributed by atoms with Crippen LogP contribution >= 0.6 is 15.9 Å². The molecule has 3 aromatic carbocycles. The molecule has 1 amide bonds. The number of aliphatic hydroxyl groups is 1. The molecule has 1 atom stereocenters. The quantitative estimate of drug-likeness (QED) is 0.649. The Balaban J connectivity index is 1.76. The first-order valence-electron chi connectivity index (χ1n) is 8.81. The van der Waals surface area contributed by atoms with Crippen LogP contribution in [0, 0.1) is 0 Å². The molecule has 6 heteroatoms. The van der Waals surface area contributed by atoms with Crippen LogP contribution in [0.2, 0.25) is 0 Å². The van der Waals surface area contributed by atoms with Gasteiger partial charge in [-0.15, -0.1) is 0 Å². The SMILES string of the molecule is O=C1c2ccccc2C(O)(c2ccc3c(c2)N=CCO3)N1c1cccc(Br)c1. The van der Waals surface area contributed by atoms with Gasteiger partial charge in [0.05, 0.1) is 0 Å². The molecule has 0 fully saturated rings. The number of nitrogens with zero attached hydrogens (tertiary/aromatic N) is 2. The first kappa shape index (κ1) is 17.2. The van der Waals surface area contributed by atoms with Gasteiger partial charge in [0, 0.05) is 33.1 Å². The van der Waals surface area contributed by atoms with Crippen LogP contribution in [0.1, 0.15) is 21.5 Å². The van der Waals surface area contributed by atoms with Crippen LogP contribution < -0.4 is 9.64 Å². The molecule has 5 rings (SSSR count). The molecular weight excluding hydrogens is 420 g/mol. The van der Waals surface area contributed by atoms with Crippen LogP contribution in [0.25, 0.3) is 0 Å². The third-order valence-electron chi connectivity index (χ3n) is 5.03. The number of hydrogen-bond acceptors (Lipinski definition) is 4. The third-order valence-corrected chi connectivity index (χ3v) is 5.52. The van der Waals surface area contributed by atoms with Crippen molar-refractivity contribution in [3.05, 3.63) is 87.9 Å². The summed E-state index contributed by atoms with van der Waals surface area (Å²) in [5.74, 6) is 0.398. The summed E-state index contributed by atoms with van der Waals surface area (Å²) in [5.41, 5.74) is 1.13. The highest BCUT2D eigenvalue weighted by Gasteiger charge is 2.50. The van der Waals surface area contributed by atoms with Crippen molar-refractivity contribution in [2.24, 2.45) is 4.99 Å². The van der Waals surface area contributed by atoms with Gasteiger partial charge in [-0.2, -0.15) is 0 Å². The molecule has 0 aromatic heterocycles. The van der Waals surface area contributed by atoms with Gasteiger partial charge in [0.15, 0.2) is 5.72 Å². The number of ether oxygens (including phenoxy) is 1. The van der Waals surface area contributed by atoms with E-state index in [2.05, 4.69) is 20.9 Å². The van der Waals surface area contributed by atoms with Gasteiger partial charge >= 0.3 is 0 Å². The second kappa shape index (κ2) is 6.29. The Kier molecular flexibility index (Phi) is 3.86. The highest BCUT2D eigenvalue weighted by molar-refractivity contribution is 9.10. The molecule has 138 valence electrons. The van der Waals surface area contributed by atoms with Crippen molar-refractivity contribution in [1.82, 2.24) is 0 Å². The standard InChI is InChI=1S/C22H15BrN2O3/c23-15-4-3-5-16(13-15)25-21(26)17-6-1-2-7-18(17)22(25,27)14-8-9-20-19(12-14)24-10-11-28-20/h1-10,12-13,27H,11H2. The zero-order chi connectivity index (χ0) is 19.3. The van der Waals surface area contributed by atoms with Crippen molar-refractivity contribution in [1.29, 1.82) is 0 Å². The van der Waals surface area contributed by atoms with Gasteiger partial charge in [-0.25, -0.2) is 0 Å². The lowest BCUT2D eigenvalue weighted by atomic mass is 9.93. The fraction of sp³-hybridized carbons (Fsp3) is 0.0909. The number of carbonyl (C=O) groups excluding carboxylic acids is 1. The molecule has 1 unspecified atom stereocenters. The van der Waals surface area contributed by atoms with E-state index < -0.39 is 5.72 Å². The predicted molar refractivity (Wildman–Crippen MR) is 110 cm³/mol. The average Bonchev–Trinajstić information content (AvgIpc) is 2.96. The number of aliphatic imine (C=N–C) groups is 1. The Hall–Kier alpha value is -2.96. The highest BCUT2D eigenvalue weighted by Crippen LogP contribution is 2.47. The fourth-order valence-electron chi connectivity index (χ4n) is 3.79. The summed E-state index contributed by atoms with van der Waals surface area (Å²) in [6, 6.07) is 19.8. The summed E-state index contributed by atoms with van der Waals surface area (Å²) in [6.07, 6.45) is 1.68. The summed E-state index contributed by atoms with van der Waals surface area (Å²) >= 11 is 3.45. The Labute approximate surface area is 170 Å². The zero-order valence-corrected chi connectivity index (χ0v) is 16.3. The summed E-state index contributed by atoms with van der Waals surface area (Å²) in [5, 5.41) is 12.0. The van der Waals surface area contributed by atoms with Gasteiger partial charge in [0.2, 0.25) is 0 Å². The summed E-state index contributed by atoms with van der Waals surface area (Å²) in [4.78, 5) is 19.1. The second-order valence-electron chi connectivity index (χ2n) is 6.64. The number of amides is 1. The minimum Gasteiger partial charge on any atom is -0.486 e. The van der Waals surface area contributed by atoms with Gasteiger partial charge in [-0.05, 0) is 42.5 Å². The van der Waals surface area contributed by atoms with Crippen molar-refractivity contribution in [2.45, 2.75) is 5.72 Å². The molecule has 0 radical (unpaired) electrons. The molecule has 28 heavy (non-hydrogen) atoms. The number of benzene rings is 3. The van der Waals surface area contributed by atoms with Crippen LogP contribution in [0.3, 0.4) is 0 Å². The van der Waals surface area contributed by atoms with E-state index >= 15 is 0 Å². The maximum atomic E-state index is 13.3.